The van der Waals surface area contributed by atoms with E-state index in [0.29, 0.717) is 12.5 Å². The number of hydrogen-bond donors (Lipinski definition) is 2. The fourth-order valence-electron chi connectivity index (χ4n) is 2.48. The second kappa shape index (κ2) is 6.41. The van der Waals surface area contributed by atoms with Gasteiger partial charge in [-0.05, 0) is 24.8 Å². The zero-order chi connectivity index (χ0) is 13.7. The third-order valence-corrected chi connectivity index (χ3v) is 3.61. The van der Waals surface area contributed by atoms with E-state index >= 15 is 0 Å². The molecule has 104 valence electrons. The van der Waals surface area contributed by atoms with Crippen LogP contribution in [0.2, 0.25) is 0 Å². The van der Waals surface area contributed by atoms with Crippen LogP contribution in [0.1, 0.15) is 48.9 Å². The van der Waals surface area contributed by atoms with Gasteiger partial charge in [-0.25, -0.2) is 9.78 Å². The number of carboxylic acids is 1. The van der Waals surface area contributed by atoms with Crippen LogP contribution in [-0.4, -0.2) is 22.7 Å². The minimum Gasteiger partial charge on any atom is -0.478 e. The molecule has 0 aliphatic heterocycles. The van der Waals surface area contributed by atoms with Gasteiger partial charge in [-0.3, -0.25) is 0 Å². The molecular weight excluding hydrogens is 244 g/mol. The fraction of sp³-hybridized carbons (Fsp3) is 0.571. The van der Waals surface area contributed by atoms with Crippen LogP contribution in [0, 0.1) is 5.92 Å². The summed E-state index contributed by atoms with van der Waals surface area (Å²) in [5.41, 5.74) is 5.92. The maximum atomic E-state index is 11.0. The Morgan fingerprint density at radius 2 is 2.05 bits per heavy atom. The number of nitrogens with two attached hydrogens (primary N) is 1. The number of pyridine rings is 1. The number of hydrogen-bond acceptors (Lipinski definition) is 4. The standard InChI is InChI=1S/C14H20N2O3/c15-12-11(14(17)18)7-8-16-13(12)19-9-10-5-3-1-2-4-6-10/h7-8,10H,1-6,9,15H2,(H,17,18). The summed E-state index contributed by atoms with van der Waals surface area (Å²) < 4.78 is 5.62. The quantitative estimate of drug-likeness (QED) is 0.817. The number of aromatic nitrogens is 1. The molecule has 1 aliphatic carbocycles. The predicted molar refractivity (Wildman–Crippen MR) is 72.3 cm³/mol. The molecule has 5 heteroatoms. The number of carbonyl (C=O) groups is 1. The van der Waals surface area contributed by atoms with Gasteiger partial charge in [-0.2, -0.15) is 0 Å². The summed E-state index contributed by atoms with van der Waals surface area (Å²) in [6.07, 6.45) is 8.83. The summed E-state index contributed by atoms with van der Waals surface area (Å²) in [6, 6.07) is 1.39. The molecule has 1 aromatic heterocycles. The Morgan fingerprint density at radius 3 is 2.68 bits per heavy atom. The van der Waals surface area contributed by atoms with Crippen LogP contribution in [0.3, 0.4) is 0 Å². The van der Waals surface area contributed by atoms with Gasteiger partial charge in [0.05, 0.1) is 12.2 Å². The molecule has 0 aromatic carbocycles. The molecule has 0 amide bonds. The van der Waals surface area contributed by atoms with Crippen LogP contribution in [0.15, 0.2) is 12.3 Å². The summed E-state index contributed by atoms with van der Waals surface area (Å²) in [6.45, 7) is 0.570. The van der Waals surface area contributed by atoms with E-state index in [1.165, 1.54) is 50.8 Å². The van der Waals surface area contributed by atoms with E-state index in [2.05, 4.69) is 4.98 Å². The number of nitrogen functional groups attached to an aromatic ring is 1. The van der Waals surface area contributed by atoms with Gasteiger partial charge in [-0.1, -0.05) is 25.7 Å². The number of carboxylic acid groups (broad SMARTS) is 1. The van der Waals surface area contributed by atoms with Crippen LogP contribution in [-0.2, 0) is 0 Å². The Morgan fingerprint density at radius 1 is 1.37 bits per heavy atom. The molecular formula is C14H20N2O3. The van der Waals surface area contributed by atoms with E-state index < -0.39 is 5.97 Å². The average molecular weight is 264 g/mol. The lowest BCUT2D eigenvalue weighted by molar-refractivity contribution is 0.0697. The average Bonchev–Trinajstić information content (AvgIpc) is 2.66. The first-order valence-corrected chi connectivity index (χ1v) is 6.79. The van der Waals surface area contributed by atoms with Gasteiger partial charge in [0.25, 0.3) is 0 Å². The molecule has 2 rings (SSSR count). The van der Waals surface area contributed by atoms with Gasteiger partial charge in [0.15, 0.2) is 0 Å². The van der Waals surface area contributed by atoms with Crippen molar-refractivity contribution in [2.24, 2.45) is 5.92 Å². The van der Waals surface area contributed by atoms with Crippen LogP contribution < -0.4 is 10.5 Å². The summed E-state index contributed by atoms with van der Waals surface area (Å²) in [7, 11) is 0. The van der Waals surface area contributed by atoms with Crippen LogP contribution in [0.4, 0.5) is 5.69 Å². The molecule has 0 saturated heterocycles. The van der Waals surface area contributed by atoms with Crippen molar-refractivity contribution in [3.63, 3.8) is 0 Å². The highest BCUT2D eigenvalue weighted by atomic mass is 16.5. The predicted octanol–water partition coefficient (Wildman–Crippen LogP) is 2.71. The van der Waals surface area contributed by atoms with Gasteiger partial charge in [0.2, 0.25) is 5.88 Å². The molecule has 1 aromatic rings. The molecule has 19 heavy (non-hydrogen) atoms. The molecule has 0 spiro atoms. The second-order valence-corrected chi connectivity index (χ2v) is 5.05. The highest BCUT2D eigenvalue weighted by Crippen LogP contribution is 2.26. The van der Waals surface area contributed by atoms with E-state index in [1.54, 1.807) is 0 Å². The maximum absolute atomic E-state index is 11.0. The summed E-state index contributed by atoms with van der Waals surface area (Å²) in [5, 5.41) is 8.98. The first-order chi connectivity index (χ1) is 9.18. The van der Waals surface area contributed by atoms with Crippen molar-refractivity contribution in [2.75, 3.05) is 12.3 Å². The van der Waals surface area contributed by atoms with Crippen molar-refractivity contribution in [1.82, 2.24) is 4.98 Å². The van der Waals surface area contributed by atoms with Gasteiger partial charge < -0.3 is 15.6 Å². The topological polar surface area (TPSA) is 85.4 Å². The van der Waals surface area contributed by atoms with E-state index in [4.69, 9.17) is 15.6 Å². The van der Waals surface area contributed by atoms with E-state index in [0.717, 1.165) is 0 Å². The van der Waals surface area contributed by atoms with Crippen LogP contribution >= 0.6 is 0 Å². The molecule has 1 heterocycles. The van der Waals surface area contributed by atoms with E-state index in [9.17, 15) is 4.79 Å². The Bertz CT molecular complexity index is 440. The zero-order valence-electron chi connectivity index (χ0n) is 11.0. The summed E-state index contributed by atoms with van der Waals surface area (Å²) in [5.74, 6) is -0.291. The molecule has 0 unspecified atom stereocenters. The van der Waals surface area contributed by atoms with Gasteiger partial charge in [0, 0.05) is 6.20 Å². The molecule has 5 nitrogen and oxygen atoms in total. The van der Waals surface area contributed by atoms with E-state index in [-0.39, 0.29) is 17.1 Å². The minimum absolute atomic E-state index is 0.0471. The molecule has 0 radical (unpaired) electrons. The Hall–Kier alpha value is -1.78. The van der Waals surface area contributed by atoms with Gasteiger partial charge in [-0.15, -0.1) is 0 Å². The van der Waals surface area contributed by atoms with Crippen molar-refractivity contribution in [3.8, 4) is 5.88 Å². The third kappa shape index (κ3) is 3.59. The van der Waals surface area contributed by atoms with Gasteiger partial charge >= 0.3 is 5.97 Å². The molecule has 0 bridgehead atoms. The maximum Gasteiger partial charge on any atom is 0.338 e. The van der Waals surface area contributed by atoms with E-state index in [1.807, 2.05) is 0 Å². The highest BCUT2D eigenvalue weighted by molar-refractivity contribution is 5.94. The number of nitrogens with zero attached hydrogens (tertiary/aromatic N) is 1. The molecule has 1 fully saturated rings. The van der Waals surface area contributed by atoms with Gasteiger partial charge in [0.1, 0.15) is 5.69 Å². The summed E-state index contributed by atoms with van der Waals surface area (Å²) >= 11 is 0. The Labute approximate surface area is 112 Å². The van der Waals surface area contributed by atoms with Crippen LogP contribution in [0.5, 0.6) is 5.88 Å². The second-order valence-electron chi connectivity index (χ2n) is 5.05. The lowest BCUT2D eigenvalue weighted by atomic mass is 10.0. The number of anilines is 1. The monoisotopic (exact) mass is 264 g/mol. The number of ether oxygens (including phenoxy) is 1. The fourth-order valence-corrected chi connectivity index (χ4v) is 2.48. The van der Waals surface area contributed by atoms with Crippen LogP contribution in [0.25, 0.3) is 0 Å². The smallest absolute Gasteiger partial charge is 0.338 e. The number of aromatic carboxylic acids is 1. The molecule has 1 saturated carbocycles. The molecule has 1 aliphatic rings. The first kappa shape index (κ1) is 13.6. The Kier molecular flexibility index (Phi) is 4.60. The van der Waals surface area contributed by atoms with Crippen molar-refractivity contribution >= 4 is 11.7 Å². The lowest BCUT2D eigenvalue weighted by Crippen LogP contribution is -2.14. The Balaban J connectivity index is 1.99. The SMILES string of the molecule is Nc1c(C(=O)O)ccnc1OCC1CCCCCC1. The van der Waals surface area contributed by atoms with Crippen molar-refractivity contribution < 1.29 is 14.6 Å². The zero-order valence-corrected chi connectivity index (χ0v) is 11.0. The largest absolute Gasteiger partial charge is 0.478 e. The lowest BCUT2D eigenvalue weighted by Gasteiger charge is -2.15. The summed E-state index contributed by atoms with van der Waals surface area (Å²) in [4.78, 5) is 15.0. The first-order valence-electron chi connectivity index (χ1n) is 6.79. The minimum atomic E-state index is -1.06. The molecule has 3 N–H and O–H groups in total. The molecule has 0 atom stereocenters. The van der Waals surface area contributed by atoms with Crippen molar-refractivity contribution in [3.05, 3.63) is 17.8 Å². The normalized spacial score (nSPS) is 16.8. The van der Waals surface area contributed by atoms with Crippen molar-refractivity contribution in [1.29, 1.82) is 0 Å². The van der Waals surface area contributed by atoms with Crippen molar-refractivity contribution in [2.45, 2.75) is 38.5 Å². The number of rotatable bonds is 4. The third-order valence-electron chi connectivity index (χ3n) is 3.61. The highest BCUT2D eigenvalue weighted by Gasteiger charge is 2.16.